The Morgan fingerprint density at radius 1 is 1.43 bits per heavy atom. The Morgan fingerprint density at radius 3 is 2.86 bits per heavy atom. The van der Waals surface area contributed by atoms with Crippen molar-refractivity contribution in [1.82, 2.24) is 15.0 Å². The van der Waals surface area contributed by atoms with Gasteiger partial charge < -0.3 is 5.73 Å². The first-order valence-electron chi connectivity index (χ1n) is 4.11. The van der Waals surface area contributed by atoms with E-state index in [1.165, 1.54) is 0 Å². The maximum absolute atomic E-state index is 5.50. The molecule has 2 rings (SSSR count). The van der Waals surface area contributed by atoms with Crippen molar-refractivity contribution < 1.29 is 0 Å². The second-order valence-corrected chi connectivity index (χ2v) is 3.93. The lowest BCUT2D eigenvalue weighted by Crippen LogP contribution is -1.97. The molecule has 0 spiro atoms. The van der Waals surface area contributed by atoms with Crippen molar-refractivity contribution in [2.24, 2.45) is 0 Å². The Labute approximate surface area is 89.9 Å². The highest BCUT2D eigenvalue weighted by atomic mass is 79.9. The zero-order valence-corrected chi connectivity index (χ0v) is 9.19. The average Bonchev–Trinajstić information content (AvgIpc) is 2.56. The van der Waals surface area contributed by atoms with E-state index in [4.69, 9.17) is 5.73 Å². The number of rotatable bonds is 1. The summed E-state index contributed by atoms with van der Waals surface area (Å²) in [6.45, 7) is 2.01. The molecular formula is C9H9BrN4. The summed E-state index contributed by atoms with van der Waals surface area (Å²) in [7, 11) is 0. The van der Waals surface area contributed by atoms with E-state index in [2.05, 4.69) is 26.2 Å². The fraction of sp³-hybridized carbons (Fsp3) is 0.111. The summed E-state index contributed by atoms with van der Waals surface area (Å²) in [4.78, 5) is 0. The van der Waals surface area contributed by atoms with Gasteiger partial charge in [-0.2, -0.15) is 0 Å². The second-order valence-electron chi connectivity index (χ2n) is 3.02. The van der Waals surface area contributed by atoms with E-state index in [-0.39, 0.29) is 0 Å². The van der Waals surface area contributed by atoms with E-state index in [0.29, 0.717) is 5.82 Å². The molecule has 0 aliphatic rings. The third-order valence-corrected chi connectivity index (χ3v) is 2.42. The van der Waals surface area contributed by atoms with Gasteiger partial charge in [0.15, 0.2) is 5.82 Å². The van der Waals surface area contributed by atoms with E-state index in [0.717, 1.165) is 15.7 Å². The van der Waals surface area contributed by atoms with Crippen LogP contribution in [-0.2, 0) is 0 Å². The maximum atomic E-state index is 5.50. The number of nitrogen functional groups attached to an aromatic ring is 1. The van der Waals surface area contributed by atoms with Crippen LogP contribution in [-0.4, -0.2) is 15.0 Å². The third kappa shape index (κ3) is 1.63. The molecule has 0 atom stereocenters. The van der Waals surface area contributed by atoms with Crippen LogP contribution in [0.4, 0.5) is 5.82 Å². The monoisotopic (exact) mass is 252 g/mol. The number of hydrogen-bond acceptors (Lipinski definition) is 3. The van der Waals surface area contributed by atoms with Gasteiger partial charge in [0.25, 0.3) is 0 Å². The molecule has 2 N–H and O–H groups in total. The smallest absolute Gasteiger partial charge is 0.166 e. The molecule has 0 aliphatic heterocycles. The average molecular weight is 253 g/mol. The van der Waals surface area contributed by atoms with Crippen LogP contribution >= 0.6 is 15.9 Å². The molecule has 0 saturated carbocycles. The topological polar surface area (TPSA) is 56.7 Å². The van der Waals surface area contributed by atoms with Gasteiger partial charge in [-0.05, 0) is 24.6 Å². The van der Waals surface area contributed by atoms with Crippen molar-refractivity contribution in [3.05, 3.63) is 34.4 Å². The van der Waals surface area contributed by atoms with Crippen molar-refractivity contribution >= 4 is 21.7 Å². The van der Waals surface area contributed by atoms with Gasteiger partial charge in [0.05, 0.1) is 11.9 Å². The largest absolute Gasteiger partial charge is 0.381 e. The van der Waals surface area contributed by atoms with Crippen molar-refractivity contribution in [3.8, 4) is 5.69 Å². The van der Waals surface area contributed by atoms with Crippen molar-refractivity contribution in [2.75, 3.05) is 5.73 Å². The highest BCUT2D eigenvalue weighted by molar-refractivity contribution is 9.10. The van der Waals surface area contributed by atoms with Gasteiger partial charge in [0.2, 0.25) is 0 Å². The molecule has 0 bridgehead atoms. The fourth-order valence-corrected chi connectivity index (χ4v) is 1.57. The molecule has 0 aliphatic carbocycles. The highest BCUT2D eigenvalue weighted by Crippen LogP contribution is 2.19. The molecule has 0 amide bonds. The number of nitrogens with zero attached hydrogens (tertiary/aromatic N) is 3. The third-order valence-electron chi connectivity index (χ3n) is 1.93. The molecule has 1 aromatic heterocycles. The van der Waals surface area contributed by atoms with Crippen molar-refractivity contribution in [2.45, 2.75) is 6.92 Å². The summed E-state index contributed by atoms with van der Waals surface area (Å²) < 4.78 is 2.67. The Balaban J connectivity index is 2.55. The first-order valence-corrected chi connectivity index (χ1v) is 4.90. The van der Waals surface area contributed by atoms with Gasteiger partial charge in [-0.25, -0.2) is 4.68 Å². The lowest BCUT2D eigenvalue weighted by Gasteiger charge is -2.04. The number of aryl methyl sites for hydroxylation is 1. The first-order chi connectivity index (χ1) is 6.66. The molecule has 1 heterocycles. The van der Waals surface area contributed by atoms with Crippen LogP contribution < -0.4 is 5.73 Å². The van der Waals surface area contributed by atoms with Gasteiger partial charge in [0, 0.05) is 4.47 Å². The van der Waals surface area contributed by atoms with Crippen LogP contribution in [0, 0.1) is 6.92 Å². The predicted molar refractivity (Wildman–Crippen MR) is 58.2 cm³/mol. The van der Waals surface area contributed by atoms with Crippen LogP contribution in [0.1, 0.15) is 5.56 Å². The molecule has 14 heavy (non-hydrogen) atoms. The molecule has 0 saturated heterocycles. The predicted octanol–water partition coefficient (Wildman–Crippen LogP) is 1.92. The molecule has 72 valence electrons. The van der Waals surface area contributed by atoms with Gasteiger partial charge in [-0.3, -0.25) is 0 Å². The molecule has 5 heteroatoms. The van der Waals surface area contributed by atoms with Gasteiger partial charge >= 0.3 is 0 Å². The van der Waals surface area contributed by atoms with Gasteiger partial charge in [0.1, 0.15) is 0 Å². The Bertz CT molecular complexity index is 464. The molecule has 2 aromatic rings. The minimum Gasteiger partial charge on any atom is -0.381 e. The zero-order valence-electron chi connectivity index (χ0n) is 7.61. The van der Waals surface area contributed by atoms with E-state index < -0.39 is 0 Å². The number of halogens is 1. The Morgan fingerprint density at radius 2 is 2.21 bits per heavy atom. The zero-order chi connectivity index (χ0) is 10.1. The summed E-state index contributed by atoms with van der Waals surface area (Å²) >= 11 is 3.41. The molecule has 1 aromatic carbocycles. The van der Waals surface area contributed by atoms with Crippen LogP contribution in [0.15, 0.2) is 28.9 Å². The Hall–Kier alpha value is -1.36. The first kappa shape index (κ1) is 9.21. The summed E-state index contributed by atoms with van der Waals surface area (Å²) in [5, 5.41) is 7.65. The van der Waals surface area contributed by atoms with E-state index in [1.807, 2.05) is 25.1 Å². The number of nitrogens with two attached hydrogens (primary N) is 1. The summed E-state index contributed by atoms with van der Waals surface area (Å²) in [6, 6.07) is 5.97. The number of hydrogen-bond donors (Lipinski definition) is 1. The van der Waals surface area contributed by atoms with E-state index in [9.17, 15) is 0 Å². The normalized spacial score (nSPS) is 10.4. The van der Waals surface area contributed by atoms with E-state index >= 15 is 0 Å². The SMILES string of the molecule is Cc1ccc(Br)cc1-n1cc(N)nn1. The minimum absolute atomic E-state index is 0.421. The number of aromatic nitrogens is 3. The maximum Gasteiger partial charge on any atom is 0.166 e. The quantitative estimate of drug-likeness (QED) is 0.844. The summed E-state index contributed by atoms with van der Waals surface area (Å²) in [6.07, 6.45) is 1.69. The highest BCUT2D eigenvalue weighted by Gasteiger charge is 2.03. The van der Waals surface area contributed by atoms with Gasteiger partial charge in [-0.15, -0.1) is 5.10 Å². The van der Waals surface area contributed by atoms with Crippen LogP contribution in [0.2, 0.25) is 0 Å². The van der Waals surface area contributed by atoms with Crippen LogP contribution in [0.3, 0.4) is 0 Å². The van der Waals surface area contributed by atoms with Gasteiger partial charge in [-0.1, -0.05) is 27.2 Å². The van der Waals surface area contributed by atoms with Crippen LogP contribution in [0.25, 0.3) is 5.69 Å². The lowest BCUT2D eigenvalue weighted by molar-refractivity contribution is 0.799. The molecular weight excluding hydrogens is 244 g/mol. The lowest BCUT2D eigenvalue weighted by atomic mass is 10.2. The van der Waals surface area contributed by atoms with E-state index in [1.54, 1.807) is 10.9 Å². The number of anilines is 1. The number of benzene rings is 1. The summed E-state index contributed by atoms with van der Waals surface area (Å²) in [5.41, 5.74) is 7.60. The molecule has 0 radical (unpaired) electrons. The summed E-state index contributed by atoms with van der Waals surface area (Å²) in [5.74, 6) is 0.421. The van der Waals surface area contributed by atoms with Crippen LogP contribution in [0.5, 0.6) is 0 Å². The molecule has 0 fully saturated rings. The Kier molecular flexibility index (Phi) is 2.25. The second kappa shape index (κ2) is 3.42. The standard InChI is InChI=1S/C9H9BrN4/c1-6-2-3-7(10)4-8(6)14-5-9(11)12-13-14/h2-5H,11H2,1H3. The molecule has 4 nitrogen and oxygen atoms in total. The van der Waals surface area contributed by atoms with Crippen molar-refractivity contribution in [3.63, 3.8) is 0 Å². The van der Waals surface area contributed by atoms with Crippen molar-refractivity contribution in [1.29, 1.82) is 0 Å². The minimum atomic E-state index is 0.421. The molecule has 0 unspecified atom stereocenters. The fourth-order valence-electron chi connectivity index (χ4n) is 1.22.